The highest BCUT2D eigenvalue weighted by molar-refractivity contribution is 14.0. The van der Waals surface area contributed by atoms with Crippen LogP contribution in [-0.2, 0) is 13.1 Å². The molecular formula is C20H31IN6O. The molecule has 2 aromatic rings. The standard InChI is InChI=1S/C20H30N6O.HI/c1-16-22-12-14-26(16)13-6-5-11-23-20(21-2)24-15-17-7-9-18(10-8-17)19(27)25(3)4;/h7-10,12,14H,5-6,11,13,15H2,1-4H3,(H2,21,23,24);1H. The third-order valence-electron chi connectivity index (χ3n) is 4.33. The molecule has 1 aromatic carbocycles. The number of aromatic nitrogens is 2. The van der Waals surface area contributed by atoms with Crippen LogP contribution in [0.5, 0.6) is 0 Å². The molecule has 2 N–H and O–H groups in total. The van der Waals surface area contributed by atoms with Crippen LogP contribution in [-0.4, -0.2) is 54.0 Å². The van der Waals surface area contributed by atoms with E-state index in [9.17, 15) is 4.79 Å². The molecule has 0 bridgehead atoms. The van der Waals surface area contributed by atoms with Crippen LogP contribution in [0.25, 0.3) is 0 Å². The van der Waals surface area contributed by atoms with Gasteiger partial charge in [0.1, 0.15) is 5.82 Å². The number of amides is 1. The number of aryl methyl sites for hydroxylation is 2. The van der Waals surface area contributed by atoms with E-state index in [0.29, 0.717) is 12.1 Å². The summed E-state index contributed by atoms with van der Waals surface area (Å²) in [6.45, 7) is 4.53. The maximum atomic E-state index is 11.9. The molecule has 28 heavy (non-hydrogen) atoms. The Balaban J connectivity index is 0.00000392. The highest BCUT2D eigenvalue weighted by Crippen LogP contribution is 2.06. The fourth-order valence-electron chi connectivity index (χ4n) is 2.68. The normalized spacial score (nSPS) is 10.9. The fourth-order valence-corrected chi connectivity index (χ4v) is 2.68. The molecule has 0 saturated carbocycles. The van der Waals surface area contributed by atoms with E-state index in [0.717, 1.165) is 43.3 Å². The van der Waals surface area contributed by atoms with Crippen molar-refractivity contribution in [2.75, 3.05) is 27.7 Å². The van der Waals surface area contributed by atoms with Gasteiger partial charge in [0.05, 0.1) is 0 Å². The molecule has 1 amide bonds. The minimum absolute atomic E-state index is 0. The van der Waals surface area contributed by atoms with E-state index in [1.54, 1.807) is 26.0 Å². The van der Waals surface area contributed by atoms with E-state index in [-0.39, 0.29) is 29.9 Å². The van der Waals surface area contributed by atoms with Gasteiger partial charge in [0.15, 0.2) is 5.96 Å². The molecule has 0 aliphatic carbocycles. The number of unbranched alkanes of at least 4 members (excludes halogenated alkanes) is 1. The van der Waals surface area contributed by atoms with Crippen LogP contribution in [0.2, 0.25) is 0 Å². The molecule has 0 saturated heterocycles. The number of nitrogens with zero attached hydrogens (tertiary/aromatic N) is 4. The Morgan fingerprint density at radius 3 is 2.46 bits per heavy atom. The van der Waals surface area contributed by atoms with Crippen molar-refractivity contribution in [2.24, 2.45) is 4.99 Å². The minimum Gasteiger partial charge on any atom is -0.356 e. The highest BCUT2D eigenvalue weighted by atomic mass is 127. The summed E-state index contributed by atoms with van der Waals surface area (Å²) in [5, 5.41) is 6.63. The number of rotatable bonds is 8. The Bertz CT molecular complexity index is 754. The zero-order chi connectivity index (χ0) is 19.6. The lowest BCUT2D eigenvalue weighted by molar-refractivity contribution is 0.0827. The molecule has 1 aromatic heterocycles. The van der Waals surface area contributed by atoms with Gasteiger partial charge in [-0.3, -0.25) is 9.79 Å². The summed E-state index contributed by atoms with van der Waals surface area (Å²) in [4.78, 5) is 22.0. The second-order valence-corrected chi connectivity index (χ2v) is 6.62. The summed E-state index contributed by atoms with van der Waals surface area (Å²) < 4.78 is 2.16. The largest absolute Gasteiger partial charge is 0.356 e. The van der Waals surface area contributed by atoms with Gasteiger partial charge < -0.3 is 20.1 Å². The zero-order valence-corrected chi connectivity index (χ0v) is 19.4. The molecule has 2 rings (SSSR count). The first-order valence-electron chi connectivity index (χ1n) is 9.24. The van der Waals surface area contributed by atoms with Crippen molar-refractivity contribution in [3.63, 3.8) is 0 Å². The number of imidazole rings is 1. The Morgan fingerprint density at radius 1 is 1.18 bits per heavy atom. The van der Waals surface area contributed by atoms with Crippen molar-refractivity contribution in [3.8, 4) is 0 Å². The average Bonchev–Trinajstić information content (AvgIpc) is 3.08. The van der Waals surface area contributed by atoms with Crippen LogP contribution in [0.3, 0.4) is 0 Å². The summed E-state index contributed by atoms with van der Waals surface area (Å²) in [6, 6.07) is 7.64. The van der Waals surface area contributed by atoms with Crippen molar-refractivity contribution in [1.29, 1.82) is 0 Å². The SMILES string of the molecule is CN=C(NCCCCn1ccnc1C)NCc1ccc(C(=O)N(C)C)cc1.I. The molecule has 0 aliphatic heterocycles. The number of nitrogens with one attached hydrogen (secondary N) is 2. The molecule has 7 nitrogen and oxygen atoms in total. The molecule has 0 atom stereocenters. The maximum Gasteiger partial charge on any atom is 0.253 e. The van der Waals surface area contributed by atoms with E-state index < -0.39 is 0 Å². The van der Waals surface area contributed by atoms with Crippen molar-refractivity contribution < 1.29 is 4.79 Å². The first-order chi connectivity index (χ1) is 13.0. The second kappa shape index (κ2) is 12.4. The Hall–Kier alpha value is -2.10. The summed E-state index contributed by atoms with van der Waals surface area (Å²) in [5.41, 5.74) is 1.79. The quantitative estimate of drug-likeness (QED) is 0.254. The van der Waals surface area contributed by atoms with Gasteiger partial charge in [-0.1, -0.05) is 12.1 Å². The molecular weight excluding hydrogens is 467 g/mol. The second-order valence-electron chi connectivity index (χ2n) is 6.62. The van der Waals surface area contributed by atoms with Crippen LogP contribution in [0, 0.1) is 6.92 Å². The van der Waals surface area contributed by atoms with Gasteiger partial charge in [0.2, 0.25) is 0 Å². The Kier molecular flexibility index (Phi) is 10.6. The van der Waals surface area contributed by atoms with E-state index >= 15 is 0 Å². The van der Waals surface area contributed by atoms with Crippen LogP contribution in [0.15, 0.2) is 41.7 Å². The number of carbonyl (C=O) groups is 1. The molecule has 1 heterocycles. The minimum atomic E-state index is 0. The highest BCUT2D eigenvalue weighted by Gasteiger charge is 2.07. The molecule has 8 heteroatoms. The first-order valence-corrected chi connectivity index (χ1v) is 9.24. The van der Waals surface area contributed by atoms with Crippen molar-refractivity contribution in [2.45, 2.75) is 32.9 Å². The predicted molar refractivity (Wildman–Crippen MR) is 124 cm³/mol. The number of guanidine groups is 1. The zero-order valence-electron chi connectivity index (χ0n) is 17.1. The third kappa shape index (κ3) is 7.49. The van der Waals surface area contributed by atoms with Gasteiger partial charge in [-0.15, -0.1) is 24.0 Å². The number of hydrogen-bond acceptors (Lipinski definition) is 3. The number of hydrogen-bond donors (Lipinski definition) is 2. The molecule has 154 valence electrons. The maximum absolute atomic E-state index is 11.9. The summed E-state index contributed by atoms with van der Waals surface area (Å²) in [5.74, 6) is 1.85. The summed E-state index contributed by atoms with van der Waals surface area (Å²) in [7, 11) is 5.27. The third-order valence-corrected chi connectivity index (χ3v) is 4.33. The fraction of sp³-hybridized carbons (Fsp3) is 0.450. The van der Waals surface area contributed by atoms with Crippen LogP contribution in [0.1, 0.15) is 34.6 Å². The van der Waals surface area contributed by atoms with Crippen LogP contribution in [0.4, 0.5) is 0 Å². The Morgan fingerprint density at radius 2 is 1.89 bits per heavy atom. The summed E-state index contributed by atoms with van der Waals surface area (Å²) in [6.07, 6.45) is 5.99. The number of aliphatic imine (C=N–C) groups is 1. The smallest absolute Gasteiger partial charge is 0.253 e. The molecule has 0 unspecified atom stereocenters. The van der Waals surface area contributed by atoms with Crippen LogP contribution < -0.4 is 10.6 Å². The van der Waals surface area contributed by atoms with Gasteiger partial charge in [-0.25, -0.2) is 4.98 Å². The van der Waals surface area contributed by atoms with Gasteiger partial charge in [0, 0.05) is 58.7 Å². The molecule has 0 radical (unpaired) electrons. The van der Waals surface area contributed by atoms with E-state index in [4.69, 9.17) is 0 Å². The predicted octanol–water partition coefficient (Wildman–Crippen LogP) is 2.66. The molecule has 0 spiro atoms. The van der Waals surface area contributed by atoms with Gasteiger partial charge in [-0.05, 0) is 37.5 Å². The molecule has 0 fully saturated rings. The van der Waals surface area contributed by atoms with Gasteiger partial charge in [-0.2, -0.15) is 0 Å². The monoisotopic (exact) mass is 498 g/mol. The van der Waals surface area contributed by atoms with Crippen molar-refractivity contribution in [3.05, 3.63) is 53.6 Å². The number of benzene rings is 1. The van der Waals surface area contributed by atoms with Gasteiger partial charge >= 0.3 is 0 Å². The summed E-state index contributed by atoms with van der Waals surface area (Å²) >= 11 is 0. The number of carbonyl (C=O) groups excluding carboxylic acids is 1. The lowest BCUT2D eigenvalue weighted by atomic mass is 10.1. The van der Waals surface area contributed by atoms with E-state index in [1.807, 2.05) is 43.6 Å². The van der Waals surface area contributed by atoms with Crippen LogP contribution >= 0.6 is 24.0 Å². The van der Waals surface area contributed by atoms with E-state index in [1.165, 1.54) is 0 Å². The lowest BCUT2D eigenvalue weighted by Crippen LogP contribution is -2.37. The van der Waals surface area contributed by atoms with Crippen molar-refractivity contribution >= 4 is 35.8 Å². The van der Waals surface area contributed by atoms with Gasteiger partial charge in [0.25, 0.3) is 5.91 Å². The number of halogens is 1. The first kappa shape index (κ1) is 23.9. The Labute approximate surface area is 184 Å². The average molecular weight is 498 g/mol. The molecule has 0 aliphatic rings. The van der Waals surface area contributed by atoms with E-state index in [2.05, 4.69) is 25.2 Å². The van der Waals surface area contributed by atoms with Crippen molar-refractivity contribution in [1.82, 2.24) is 25.1 Å². The lowest BCUT2D eigenvalue weighted by Gasteiger charge is -2.13. The topological polar surface area (TPSA) is 74.5 Å².